The van der Waals surface area contributed by atoms with Gasteiger partial charge in [-0.15, -0.1) is 0 Å². The minimum atomic E-state index is -0.888. The molecule has 6 heteroatoms. The molecule has 0 aromatic carbocycles. The molecule has 1 atom stereocenters. The smallest absolute Gasteiger partial charge is 0.410 e. The topological polar surface area (TPSA) is 78.9 Å². The van der Waals surface area contributed by atoms with Crippen molar-refractivity contribution in [2.24, 2.45) is 0 Å². The summed E-state index contributed by atoms with van der Waals surface area (Å²) in [5.74, 6) is -0.888. The molecule has 0 aromatic heterocycles. The van der Waals surface area contributed by atoms with Gasteiger partial charge < -0.3 is 20.1 Å². The third kappa shape index (κ3) is 5.04. The maximum atomic E-state index is 11.7. The number of amides is 1. The van der Waals surface area contributed by atoms with Crippen molar-refractivity contribution in [2.45, 2.75) is 38.8 Å². The number of carboxylic acid groups (broad SMARTS) is 1. The number of hydrogen-bond donors (Lipinski definition) is 2. The highest BCUT2D eigenvalue weighted by atomic mass is 16.6. The first-order valence-corrected chi connectivity index (χ1v) is 5.71. The average molecular weight is 244 g/mol. The molecule has 1 rings (SSSR count). The van der Waals surface area contributed by atoms with Gasteiger partial charge in [-0.05, 0) is 27.2 Å². The lowest BCUT2D eigenvalue weighted by Gasteiger charge is -2.24. The summed E-state index contributed by atoms with van der Waals surface area (Å²) in [4.78, 5) is 23.7. The molecular weight excluding hydrogens is 224 g/mol. The summed E-state index contributed by atoms with van der Waals surface area (Å²) in [6, 6.07) is 0.0404. The summed E-state index contributed by atoms with van der Waals surface area (Å²) >= 11 is 0. The van der Waals surface area contributed by atoms with Crippen molar-refractivity contribution >= 4 is 12.1 Å². The highest BCUT2D eigenvalue weighted by Crippen LogP contribution is 2.15. The Kier molecular flexibility index (Phi) is 4.34. The zero-order valence-corrected chi connectivity index (χ0v) is 10.5. The van der Waals surface area contributed by atoms with Gasteiger partial charge in [0.25, 0.3) is 0 Å². The molecule has 2 N–H and O–H groups in total. The van der Waals surface area contributed by atoms with Crippen molar-refractivity contribution in [3.8, 4) is 0 Å². The normalized spacial score (nSPS) is 20.4. The summed E-state index contributed by atoms with van der Waals surface area (Å²) in [6.45, 7) is 6.49. The lowest BCUT2D eigenvalue weighted by atomic mass is 10.2. The predicted molar refractivity (Wildman–Crippen MR) is 61.9 cm³/mol. The number of aliphatic carboxylic acids is 1. The van der Waals surface area contributed by atoms with Crippen molar-refractivity contribution in [1.29, 1.82) is 0 Å². The highest BCUT2D eigenvalue weighted by Gasteiger charge is 2.29. The second-order valence-corrected chi connectivity index (χ2v) is 5.19. The largest absolute Gasteiger partial charge is 0.480 e. The van der Waals surface area contributed by atoms with E-state index in [1.165, 1.54) is 0 Å². The van der Waals surface area contributed by atoms with Crippen LogP contribution in [0.15, 0.2) is 0 Å². The van der Waals surface area contributed by atoms with Crippen LogP contribution < -0.4 is 5.32 Å². The van der Waals surface area contributed by atoms with Crippen LogP contribution in [0.5, 0.6) is 0 Å². The van der Waals surface area contributed by atoms with E-state index in [2.05, 4.69) is 5.32 Å². The fraction of sp³-hybridized carbons (Fsp3) is 0.818. The molecule has 1 saturated heterocycles. The van der Waals surface area contributed by atoms with E-state index in [0.717, 1.165) is 6.42 Å². The Morgan fingerprint density at radius 3 is 2.65 bits per heavy atom. The molecule has 6 nitrogen and oxygen atoms in total. The van der Waals surface area contributed by atoms with Gasteiger partial charge in [0.15, 0.2) is 0 Å². The minimum Gasteiger partial charge on any atom is -0.480 e. The Labute approximate surface area is 101 Å². The van der Waals surface area contributed by atoms with Crippen LogP contribution in [0, 0.1) is 0 Å². The summed E-state index contributed by atoms with van der Waals surface area (Å²) in [7, 11) is 0. The average Bonchev–Trinajstić information content (AvgIpc) is 2.60. The quantitative estimate of drug-likeness (QED) is 0.763. The maximum Gasteiger partial charge on any atom is 0.410 e. The molecule has 1 heterocycles. The van der Waals surface area contributed by atoms with Crippen LogP contribution in [0.3, 0.4) is 0 Å². The van der Waals surface area contributed by atoms with Crippen LogP contribution in [0.4, 0.5) is 4.79 Å². The van der Waals surface area contributed by atoms with E-state index >= 15 is 0 Å². The van der Waals surface area contributed by atoms with Gasteiger partial charge in [0.2, 0.25) is 0 Å². The van der Waals surface area contributed by atoms with E-state index in [1.807, 2.05) is 20.8 Å². The number of likely N-dealkylation sites (tertiary alicyclic amines) is 1. The van der Waals surface area contributed by atoms with Gasteiger partial charge in [-0.3, -0.25) is 4.79 Å². The first kappa shape index (κ1) is 13.8. The third-order valence-corrected chi connectivity index (χ3v) is 2.38. The molecule has 1 fully saturated rings. The van der Waals surface area contributed by atoms with Gasteiger partial charge >= 0.3 is 12.1 Å². The number of carbonyl (C=O) groups excluding carboxylic acids is 1. The maximum absolute atomic E-state index is 11.7. The summed E-state index contributed by atoms with van der Waals surface area (Å²) in [5, 5.41) is 11.4. The minimum absolute atomic E-state index is 0.0404. The van der Waals surface area contributed by atoms with E-state index in [4.69, 9.17) is 9.84 Å². The molecule has 0 radical (unpaired) electrons. The van der Waals surface area contributed by atoms with Crippen molar-refractivity contribution < 1.29 is 19.4 Å². The van der Waals surface area contributed by atoms with E-state index in [0.29, 0.717) is 13.1 Å². The second-order valence-electron chi connectivity index (χ2n) is 5.19. The molecule has 0 aliphatic carbocycles. The predicted octanol–water partition coefficient (Wildman–Crippen LogP) is 0.670. The number of ether oxygens (including phenoxy) is 1. The van der Waals surface area contributed by atoms with Crippen LogP contribution in [0.1, 0.15) is 27.2 Å². The SMILES string of the molecule is CC(C)(C)OC(=O)N1CC[C@H](NCC(=O)O)C1. The van der Waals surface area contributed by atoms with E-state index in [1.54, 1.807) is 4.90 Å². The van der Waals surface area contributed by atoms with Gasteiger partial charge in [-0.1, -0.05) is 0 Å². The Morgan fingerprint density at radius 1 is 1.47 bits per heavy atom. The van der Waals surface area contributed by atoms with E-state index in [9.17, 15) is 9.59 Å². The Morgan fingerprint density at radius 2 is 2.12 bits per heavy atom. The molecular formula is C11H20N2O4. The van der Waals surface area contributed by atoms with Crippen LogP contribution in [-0.4, -0.2) is 53.3 Å². The van der Waals surface area contributed by atoms with Crippen molar-refractivity contribution in [1.82, 2.24) is 10.2 Å². The van der Waals surface area contributed by atoms with Gasteiger partial charge in [0.05, 0.1) is 6.54 Å². The van der Waals surface area contributed by atoms with Gasteiger partial charge in [0.1, 0.15) is 5.60 Å². The van der Waals surface area contributed by atoms with Crippen molar-refractivity contribution in [2.75, 3.05) is 19.6 Å². The molecule has 98 valence electrons. The molecule has 0 bridgehead atoms. The summed E-state index contributed by atoms with van der Waals surface area (Å²) in [6.07, 6.45) is 0.420. The Balaban J connectivity index is 2.34. The standard InChI is InChI=1S/C11H20N2O4/c1-11(2,3)17-10(16)13-5-4-8(7-13)12-6-9(14)15/h8,12H,4-7H2,1-3H3,(H,14,15)/t8-/m0/s1. The first-order chi connectivity index (χ1) is 7.78. The van der Waals surface area contributed by atoms with Crippen LogP contribution in [-0.2, 0) is 9.53 Å². The molecule has 0 saturated carbocycles. The van der Waals surface area contributed by atoms with E-state index < -0.39 is 11.6 Å². The second kappa shape index (κ2) is 5.35. The van der Waals surface area contributed by atoms with Crippen molar-refractivity contribution in [3.63, 3.8) is 0 Å². The first-order valence-electron chi connectivity index (χ1n) is 5.71. The Hall–Kier alpha value is -1.30. The zero-order valence-electron chi connectivity index (χ0n) is 10.5. The van der Waals surface area contributed by atoms with Crippen LogP contribution >= 0.6 is 0 Å². The number of hydrogen-bond acceptors (Lipinski definition) is 4. The van der Waals surface area contributed by atoms with E-state index in [-0.39, 0.29) is 18.7 Å². The number of carboxylic acids is 1. The highest BCUT2D eigenvalue weighted by molar-refractivity contribution is 5.69. The van der Waals surface area contributed by atoms with Gasteiger partial charge in [-0.2, -0.15) is 0 Å². The zero-order chi connectivity index (χ0) is 13.1. The molecule has 0 aromatic rings. The van der Waals surface area contributed by atoms with Gasteiger partial charge in [0, 0.05) is 19.1 Å². The van der Waals surface area contributed by atoms with Crippen LogP contribution in [0.2, 0.25) is 0 Å². The molecule has 1 amide bonds. The summed E-state index contributed by atoms with van der Waals surface area (Å²) in [5.41, 5.74) is -0.496. The molecule has 1 aliphatic heterocycles. The molecule has 1 aliphatic rings. The van der Waals surface area contributed by atoms with Crippen molar-refractivity contribution in [3.05, 3.63) is 0 Å². The summed E-state index contributed by atoms with van der Waals surface area (Å²) < 4.78 is 5.24. The third-order valence-electron chi connectivity index (χ3n) is 2.38. The lowest BCUT2D eigenvalue weighted by molar-refractivity contribution is -0.136. The fourth-order valence-corrected chi connectivity index (χ4v) is 1.65. The number of nitrogens with one attached hydrogen (secondary N) is 1. The number of nitrogens with zero attached hydrogens (tertiary/aromatic N) is 1. The number of rotatable bonds is 3. The number of carbonyl (C=O) groups is 2. The molecule has 17 heavy (non-hydrogen) atoms. The van der Waals surface area contributed by atoms with Gasteiger partial charge in [-0.25, -0.2) is 4.79 Å². The lowest BCUT2D eigenvalue weighted by Crippen LogP contribution is -2.39. The Bertz CT molecular complexity index is 298. The molecule has 0 unspecified atom stereocenters. The monoisotopic (exact) mass is 244 g/mol. The fourth-order valence-electron chi connectivity index (χ4n) is 1.65. The molecule has 0 spiro atoms. The van der Waals surface area contributed by atoms with Crippen LogP contribution in [0.25, 0.3) is 0 Å².